The van der Waals surface area contributed by atoms with E-state index in [2.05, 4.69) is 22.1 Å². The molecule has 1 N–H and O–H groups in total. The summed E-state index contributed by atoms with van der Waals surface area (Å²) in [6.45, 7) is 4.76. The molecule has 0 bridgehead atoms. The zero-order valence-electron chi connectivity index (χ0n) is 7.36. The summed E-state index contributed by atoms with van der Waals surface area (Å²) < 4.78 is 0. The quantitative estimate of drug-likeness (QED) is 0.286. The highest BCUT2D eigenvalue weighted by Gasteiger charge is 1.90. The lowest BCUT2D eigenvalue weighted by atomic mass is 10.3. The van der Waals surface area contributed by atoms with E-state index in [9.17, 15) is 9.59 Å². The fourth-order valence-corrected chi connectivity index (χ4v) is 0.470. The van der Waals surface area contributed by atoms with E-state index in [-0.39, 0.29) is 18.0 Å². The molecule has 0 heterocycles. The summed E-state index contributed by atoms with van der Waals surface area (Å²) in [5.74, 6) is 0.0497. The van der Waals surface area contributed by atoms with E-state index in [0.29, 0.717) is 6.29 Å². The Labute approximate surface area is 76.2 Å². The zero-order valence-corrected chi connectivity index (χ0v) is 7.36. The van der Waals surface area contributed by atoms with Crippen molar-refractivity contribution in [3.63, 3.8) is 0 Å². The highest BCUT2D eigenvalue weighted by Crippen LogP contribution is 1.76. The molecule has 0 amide bonds. The lowest BCUT2D eigenvalue weighted by Gasteiger charge is -1.93. The maximum atomic E-state index is 10.4. The van der Waals surface area contributed by atoms with Gasteiger partial charge in [-0.25, -0.2) is 4.99 Å². The molecule has 0 aliphatic rings. The number of aliphatic imine (C=N–C) groups is 1. The molecule has 0 aromatic heterocycles. The van der Waals surface area contributed by atoms with Crippen LogP contribution in [0.5, 0.6) is 0 Å². The average Bonchev–Trinajstić information content (AvgIpc) is 2.10. The van der Waals surface area contributed by atoms with Crippen LogP contribution in [0.4, 0.5) is 0 Å². The molecular formula is C8H11N3O2. The van der Waals surface area contributed by atoms with Crippen LogP contribution in [0.25, 0.3) is 0 Å². The minimum Gasteiger partial charge on any atom is -0.300 e. The molecule has 0 radical (unpaired) electrons. The number of rotatable bonds is 5. The largest absolute Gasteiger partial charge is 0.300 e. The molecule has 0 aromatic rings. The Hall–Kier alpha value is -1.78. The molecular weight excluding hydrogens is 170 g/mol. The maximum absolute atomic E-state index is 10.4. The van der Waals surface area contributed by atoms with Crippen molar-refractivity contribution in [3.8, 4) is 0 Å². The van der Waals surface area contributed by atoms with Gasteiger partial charge in [-0.05, 0) is 6.92 Å². The van der Waals surface area contributed by atoms with Crippen LogP contribution in [0.1, 0.15) is 13.3 Å². The van der Waals surface area contributed by atoms with Crippen molar-refractivity contribution in [2.75, 3.05) is 0 Å². The van der Waals surface area contributed by atoms with Gasteiger partial charge in [-0.3, -0.25) is 15.0 Å². The monoisotopic (exact) mass is 181 g/mol. The summed E-state index contributed by atoms with van der Waals surface area (Å²) in [6, 6.07) is 0. The van der Waals surface area contributed by atoms with Crippen molar-refractivity contribution in [1.82, 2.24) is 5.43 Å². The number of amidine groups is 1. The molecule has 13 heavy (non-hydrogen) atoms. The maximum Gasteiger partial charge on any atom is 0.186 e. The molecule has 0 fully saturated rings. The average molecular weight is 181 g/mol. The Morgan fingerprint density at radius 1 is 1.62 bits per heavy atom. The van der Waals surface area contributed by atoms with Gasteiger partial charge >= 0.3 is 0 Å². The van der Waals surface area contributed by atoms with Crippen LogP contribution >= 0.6 is 0 Å². The first-order chi connectivity index (χ1) is 6.20. The number of ketones is 1. The summed E-state index contributed by atoms with van der Waals surface area (Å²) in [5.41, 5.74) is 2.35. The Bertz CT molecular complexity index is 256. The van der Waals surface area contributed by atoms with Crippen LogP contribution in [0.3, 0.4) is 0 Å². The topological polar surface area (TPSA) is 70.9 Å². The predicted molar refractivity (Wildman–Crippen MR) is 50.6 cm³/mol. The number of nitrogens with zero attached hydrogens (tertiary/aromatic N) is 2. The Morgan fingerprint density at radius 2 is 2.31 bits per heavy atom. The zero-order chi connectivity index (χ0) is 10.1. The Morgan fingerprint density at radius 3 is 2.77 bits per heavy atom. The third-order valence-corrected chi connectivity index (χ3v) is 0.991. The fraction of sp³-hybridized carbons (Fsp3) is 0.250. The SMILES string of the molecule is C=C/N=C(/C=O)NN=CCC(C)=O. The van der Waals surface area contributed by atoms with E-state index in [0.717, 1.165) is 0 Å². The summed E-state index contributed by atoms with van der Waals surface area (Å²) in [6.07, 6.45) is 3.32. The number of carbonyl (C=O) groups is 2. The van der Waals surface area contributed by atoms with Gasteiger partial charge in [0.05, 0.1) is 0 Å². The van der Waals surface area contributed by atoms with Crippen molar-refractivity contribution < 1.29 is 9.59 Å². The number of hydrazone groups is 1. The van der Waals surface area contributed by atoms with Gasteiger partial charge in [-0.15, -0.1) is 0 Å². The van der Waals surface area contributed by atoms with E-state index in [1.165, 1.54) is 19.3 Å². The van der Waals surface area contributed by atoms with Gasteiger partial charge in [-0.2, -0.15) is 5.10 Å². The minimum absolute atomic E-state index is 0.00105. The van der Waals surface area contributed by atoms with Gasteiger partial charge in [0, 0.05) is 18.8 Å². The van der Waals surface area contributed by atoms with Crippen molar-refractivity contribution >= 4 is 24.1 Å². The van der Waals surface area contributed by atoms with Gasteiger partial charge in [0.1, 0.15) is 5.78 Å². The molecule has 0 atom stereocenters. The smallest absolute Gasteiger partial charge is 0.186 e. The summed E-state index contributed by atoms with van der Waals surface area (Å²) >= 11 is 0. The summed E-state index contributed by atoms with van der Waals surface area (Å²) in [4.78, 5) is 24.3. The second-order valence-electron chi connectivity index (χ2n) is 2.14. The summed E-state index contributed by atoms with van der Waals surface area (Å²) in [5, 5.41) is 3.60. The standard InChI is InChI=1S/C8H11N3O2/c1-3-9-8(6-12)11-10-5-4-7(2)13/h3,5-6H,1,4H2,2H3,(H,9,11). The number of hydrogen-bond donors (Lipinski definition) is 1. The molecule has 5 heteroatoms. The molecule has 0 saturated carbocycles. The van der Waals surface area contributed by atoms with Crippen LogP contribution in [0, 0.1) is 0 Å². The number of nitrogens with one attached hydrogen (secondary N) is 1. The van der Waals surface area contributed by atoms with E-state index in [1.807, 2.05) is 0 Å². The van der Waals surface area contributed by atoms with Crippen LogP contribution in [0.2, 0.25) is 0 Å². The number of carbonyl (C=O) groups excluding carboxylic acids is 2. The Kier molecular flexibility index (Phi) is 5.96. The summed E-state index contributed by atoms with van der Waals surface area (Å²) in [7, 11) is 0. The van der Waals surface area contributed by atoms with Crippen molar-refractivity contribution in [1.29, 1.82) is 0 Å². The minimum atomic E-state index is -0.00105. The van der Waals surface area contributed by atoms with Crippen LogP contribution < -0.4 is 5.43 Å². The van der Waals surface area contributed by atoms with E-state index < -0.39 is 0 Å². The molecule has 0 aromatic carbocycles. The van der Waals surface area contributed by atoms with E-state index in [4.69, 9.17) is 0 Å². The van der Waals surface area contributed by atoms with Crippen LogP contribution in [-0.4, -0.2) is 24.1 Å². The molecule has 0 rings (SSSR count). The number of Topliss-reactive ketones (excluding diaryl/α,β-unsaturated/α-hetero) is 1. The van der Waals surface area contributed by atoms with Gasteiger partial charge in [0.15, 0.2) is 12.1 Å². The van der Waals surface area contributed by atoms with Crippen LogP contribution in [-0.2, 0) is 9.59 Å². The van der Waals surface area contributed by atoms with Gasteiger partial charge in [0.25, 0.3) is 0 Å². The molecule has 0 spiro atoms. The first-order valence-corrected chi connectivity index (χ1v) is 3.61. The molecule has 0 saturated heterocycles. The van der Waals surface area contributed by atoms with Crippen molar-refractivity contribution in [2.45, 2.75) is 13.3 Å². The first-order valence-electron chi connectivity index (χ1n) is 3.61. The number of aldehydes is 1. The highest BCUT2D eigenvalue weighted by atomic mass is 16.1. The fourth-order valence-electron chi connectivity index (χ4n) is 0.470. The third-order valence-electron chi connectivity index (χ3n) is 0.991. The highest BCUT2D eigenvalue weighted by molar-refractivity contribution is 6.27. The molecule has 0 aliphatic heterocycles. The van der Waals surface area contributed by atoms with Crippen molar-refractivity contribution in [2.24, 2.45) is 10.1 Å². The molecule has 0 unspecified atom stereocenters. The predicted octanol–water partition coefficient (Wildman–Crippen LogP) is 0.282. The normalized spacial score (nSPS) is 11.3. The van der Waals surface area contributed by atoms with Gasteiger partial charge < -0.3 is 0 Å². The molecule has 70 valence electrons. The van der Waals surface area contributed by atoms with Crippen LogP contribution in [0.15, 0.2) is 22.9 Å². The third kappa shape index (κ3) is 6.61. The van der Waals surface area contributed by atoms with Crippen molar-refractivity contribution in [3.05, 3.63) is 12.8 Å². The van der Waals surface area contributed by atoms with Gasteiger partial charge in [0.2, 0.25) is 0 Å². The number of hydrogen-bond acceptors (Lipinski definition) is 4. The van der Waals surface area contributed by atoms with Gasteiger partial charge in [-0.1, -0.05) is 6.58 Å². The lowest BCUT2D eigenvalue weighted by molar-refractivity contribution is -0.115. The molecule has 5 nitrogen and oxygen atoms in total. The van der Waals surface area contributed by atoms with E-state index in [1.54, 1.807) is 0 Å². The second kappa shape index (κ2) is 6.90. The second-order valence-corrected chi connectivity index (χ2v) is 2.14. The van der Waals surface area contributed by atoms with E-state index >= 15 is 0 Å². The first kappa shape index (κ1) is 11.2. The Balaban J connectivity index is 3.91. The lowest BCUT2D eigenvalue weighted by Crippen LogP contribution is -2.18. The molecule has 0 aliphatic carbocycles.